The first-order valence-electron chi connectivity index (χ1n) is 7.79. The average molecular weight is 413 g/mol. The number of hydrogen-bond acceptors (Lipinski definition) is 6. The van der Waals surface area contributed by atoms with Crippen molar-refractivity contribution in [3.63, 3.8) is 0 Å². The summed E-state index contributed by atoms with van der Waals surface area (Å²) in [6.45, 7) is 5.59. The van der Waals surface area contributed by atoms with Crippen LogP contribution in [-0.4, -0.2) is 32.4 Å². The number of phenols is 1. The van der Waals surface area contributed by atoms with Gasteiger partial charge in [0.05, 0.1) is 16.5 Å². The van der Waals surface area contributed by atoms with Gasteiger partial charge in [0.2, 0.25) is 0 Å². The molecular weight excluding hydrogens is 395 g/mol. The third-order valence-corrected chi connectivity index (χ3v) is 4.64. The Morgan fingerprint density at radius 1 is 1.23 bits per heavy atom. The van der Waals surface area contributed by atoms with Gasteiger partial charge in [-0.25, -0.2) is 15.4 Å². The highest BCUT2D eigenvalue weighted by Gasteiger charge is 2.13. The van der Waals surface area contributed by atoms with Crippen molar-refractivity contribution < 1.29 is 9.90 Å². The number of carbonyl (C=O) groups excluding carboxylic acids is 1. The molecule has 2 aromatic rings. The average Bonchev–Trinajstić information content (AvgIpc) is 2.56. The first kappa shape index (κ1) is 20.5. The summed E-state index contributed by atoms with van der Waals surface area (Å²) in [4.78, 5) is 20.6. The summed E-state index contributed by atoms with van der Waals surface area (Å²) in [5, 5.41) is 15.2. The lowest BCUT2D eigenvalue weighted by Gasteiger charge is -2.09. The molecule has 1 amide bonds. The quantitative estimate of drug-likeness (QED) is 0.322. The molecule has 6 nitrogen and oxygen atoms in total. The number of thioether (sulfide) groups is 1. The minimum atomic E-state index is -0.309. The molecule has 0 aliphatic heterocycles. The monoisotopic (exact) mass is 412 g/mol. The Kier molecular flexibility index (Phi) is 7.25. The van der Waals surface area contributed by atoms with Gasteiger partial charge in [0.25, 0.3) is 5.91 Å². The molecule has 1 heterocycles. The molecule has 2 N–H and O–H groups in total. The van der Waals surface area contributed by atoms with Gasteiger partial charge >= 0.3 is 0 Å². The second kappa shape index (κ2) is 9.21. The molecule has 2 rings (SSSR count). The molecule has 0 saturated heterocycles. The Hall–Kier alpha value is -1.83. The first-order valence-corrected chi connectivity index (χ1v) is 9.53. The van der Waals surface area contributed by atoms with Gasteiger partial charge in [-0.05, 0) is 38.5 Å². The zero-order valence-electron chi connectivity index (χ0n) is 14.5. The molecule has 0 saturated carbocycles. The Bertz CT molecular complexity index is 839. The summed E-state index contributed by atoms with van der Waals surface area (Å²) in [5.41, 5.74) is 5.02. The van der Waals surface area contributed by atoms with Gasteiger partial charge in [0.1, 0.15) is 5.75 Å². The number of rotatable bonds is 6. The van der Waals surface area contributed by atoms with E-state index in [9.17, 15) is 9.90 Å². The van der Waals surface area contributed by atoms with Crippen molar-refractivity contribution in [2.45, 2.75) is 32.3 Å². The van der Waals surface area contributed by atoms with Crippen LogP contribution in [0.4, 0.5) is 0 Å². The van der Waals surface area contributed by atoms with Gasteiger partial charge in [0, 0.05) is 22.0 Å². The van der Waals surface area contributed by atoms with Crippen molar-refractivity contribution >= 4 is 46.6 Å². The third-order valence-electron chi connectivity index (χ3n) is 3.28. The number of nitrogens with one attached hydrogen (secondary N) is 1. The number of amides is 1. The minimum absolute atomic E-state index is 0.117. The fourth-order valence-corrected chi connectivity index (χ4v) is 3.40. The van der Waals surface area contributed by atoms with Crippen molar-refractivity contribution in [1.82, 2.24) is 15.4 Å². The lowest BCUT2D eigenvalue weighted by atomic mass is 10.1. The van der Waals surface area contributed by atoms with E-state index in [1.807, 2.05) is 26.8 Å². The van der Waals surface area contributed by atoms with E-state index in [1.165, 1.54) is 17.8 Å². The van der Waals surface area contributed by atoms with Crippen LogP contribution >= 0.6 is 35.0 Å². The molecule has 0 spiro atoms. The van der Waals surface area contributed by atoms with Crippen LogP contribution in [0.2, 0.25) is 10.0 Å². The Morgan fingerprint density at radius 3 is 2.50 bits per heavy atom. The summed E-state index contributed by atoms with van der Waals surface area (Å²) < 4.78 is 0. The topological polar surface area (TPSA) is 87.5 Å². The maximum absolute atomic E-state index is 12.0. The molecule has 1 aromatic heterocycles. The zero-order chi connectivity index (χ0) is 19.3. The summed E-state index contributed by atoms with van der Waals surface area (Å²) in [6.07, 6.45) is 0.470. The van der Waals surface area contributed by atoms with Crippen molar-refractivity contribution in [3.8, 4) is 5.75 Å². The van der Waals surface area contributed by atoms with Crippen molar-refractivity contribution in [2.24, 2.45) is 5.10 Å². The maximum atomic E-state index is 12.0. The Balaban J connectivity index is 2.05. The summed E-state index contributed by atoms with van der Waals surface area (Å²) in [7, 11) is 0. The molecule has 0 aliphatic rings. The predicted octanol–water partition coefficient (Wildman–Crippen LogP) is 4.13. The number of nitrogens with zero attached hydrogens (tertiary/aromatic N) is 3. The van der Waals surface area contributed by atoms with Gasteiger partial charge < -0.3 is 5.11 Å². The highest BCUT2D eigenvalue weighted by molar-refractivity contribution is 7.99. The summed E-state index contributed by atoms with van der Waals surface area (Å²) in [5.74, 6) is -0.314. The number of aromatic nitrogens is 2. The van der Waals surface area contributed by atoms with Gasteiger partial charge in [-0.3, -0.25) is 4.79 Å². The van der Waals surface area contributed by atoms with Gasteiger partial charge in [0.15, 0.2) is 5.16 Å². The molecule has 0 atom stereocenters. The lowest BCUT2D eigenvalue weighted by Crippen LogP contribution is -2.22. The number of aryl methyl sites for hydroxylation is 2. The fourth-order valence-electron chi connectivity index (χ4n) is 2.17. The van der Waals surface area contributed by atoms with E-state index in [0.29, 0.717) is 27.9 Å². The Morgan fingerprint density at radius 2 is 1.88 bits per heavy atom. The van der Waals surface area contributed by atoms with E-state index in [0.717, 1.165) is 11.4 Å². The van der Waals surface area contributed by atoms with E-state index in [1.54, 1.807) is 6.07 Å². The van der Waals surface area contributed by atoms with E-state index >= 15 is 0 Å². The smallest absolute Gasteiger partial charge is 0.250 e. The number of phenolic OH excluding ortho intramolecular Hbond substituents is 1. The lowest BCUT2D eigenvalue weighted by molar-refractivity contribution is -0.118. The zero-order valence-corrected chi connectivity index (χ0v) is 16.8. The van der Waals surface area contributed by atoms with Crippen LogP contribution in [0.3, 0.4) is 0 Å². The SMILES string of the molecule is CC/C(=N\NC(=O)CSc1nc(C)cc(C)n1)c1cc(Cl)cc(Cl)c1O. The molecule has 0 unspecified atom stereocenters. The van der Waals surface area contributed by atoms with Crippen LogP contribution in [0, 0.1) is 13.8 Å². The highest BCUT2D eigenvalue weighted by atomic mass is 35.5. The van der Waals surface area contributed by atoms with Gasteiger partial charge in [-0.2, -0.15) is 5.10 Å². The van der Waals surface area contributed by atoms with E-state index in [-0.39, 0.29) is 22.4 Å². The first-order chi connectivity index (χ1) is 12.3. The molecule has 26 heavy (non-hydrogen) atoms. The van der Waals surface area contributed by atoms with Crippen LogP contribution in [0.5, 0.6) is 5.75 Å². The third kappa shape index (κ3) is 5.59. The van der Waals surface area contributed by atoms with Crippen molar-refractivity contribution in [1.29, 1.82) is 0 Å². The number of carbonyl (C=O) groups is 1. The second-order valence-corrected chi connectivity index (χ2v) is 7.24. The van der Waals surface area contributed by atoms with Crippen LogP contribution in [0.15, 0.2) is 28.5 Å². The van der Waals surface area contributed by atoms with Gasteiger partial charge in [-0.1, -0.05) is 41.9 Å². The minimum Gasteiger partial charge on any atom is -0.506 e. The van der Waals surface area contributed by atoms with Crippen LogP contribution in [0.1, 0.15) is 30.3 Å². The summed E-state index contributed by atoms with van der Waals surface area (Å²) >= 11 is 13.1. The van der Waals surface area contributed by atoms with Crippen LogP contribution < -0.4 is 5.43 Å². The molecule has 0 fully saturated rings. The molecular formula is C17H18Cl2N4O2S. The molecule has 138 valence electrons. The summed E-state index contributed by atoms with van der Waals surface area (Å²) in [6, 6.07) is 4.86. The highest BCUT2D eigenvalue weighted by Crippen LogP contribution is 2.32. The molecule has 0 aliphatic carbocycles. The Labute approximate surface area is 166 Å². The molecule has 1 aromatic carbocycles. The van der Waals surface area contributed by atoms with Crippen molar-refractivity contribution in [2.75, 3.05) is 5.75 Å². The van der Waals surface area contributed by atoms with Crippen LogP contribution in [-0.2, 0) is 4.79 Å². The van der Waals surface area contributed by atoms with Crippen LogP contribution in [0.25, 0.3) is 0 Å². The normalized spacial score (nSPS) is 11.5. The largest absolute Gasteiger partial charge is 0.506 e. The number of hydrazone groups is 1. The van der Waals surface area contributed by atoms with Gasteiger partial charge in [-0.15, -0.1) is 0 Å². The van der Waals surface area contributed by atoms with E-state index in [2.05, 4.69) is 20.5 Å². The van der Waals surface area contributed by atoms with E-state index < -0.39 is 0 Å². The second-order valence-electron chi connectivity index (χ2n) is 5.45. The molecule has 9 heteroatoms. The fraction of sp³-hybridized carbons (Fsp3) is 0.294. The number of hydrogen-bond donors (Lipinski definition) is 2. The number of benzene rings is 1. The number of aromatic hydroxyl groups is 1. The molecule has 0 bridgehead atoms. The standard InChI is InChI=1S/C17H18Cl2N4O2S/c1-4-14(12-6-11(18)7-13(19)16(12)25)22-23-15(24)8-26-17-20-9(2)5-10(3)21-17/h5-7,25H,4,8H2,1-3H3,(H,23,24)/b22-14+. The molecule has 0 radical (unpaired) electrons. The van der Waals surface area contributed by atoms with E-state index in [4.69, 9.17) is 23.2 Å². The maximum Gasteiger partial charge on any atom is 0.250 e. The predicted molar refractivity (Wildman–Crippen MR) is 105 cm³/mol. The number of halogens is 2. The van der Waals surface area contributed by atoms with Crippen molar-refractivity contribution in [3.05, 3.63) is 45.2 Å².